The largest absolute Gasteiger partial charge is 0.305 e. The molecular weight excluding hydrogens is 833 g/mol. The van der Waals surface area contributed by atoms with E-state index in [0.29, 0.717) is 5.92 Å². The number of aromatic nitrogens is 2. The van der Waals surface area contributed by atoms with Gasteiger partial charge in [0, 0.05) is 37.2 Å². The molecule has 0 fully saturated rings. The molecule has 0 atom stereocenters. The Morgan fingerprint density at radius 3 is 2.18 bits per heavy atom. The van der Waals surface area contributed by atoms with Gasteiger partial charge in [-0.2, -0.15) is 11.3 Å². The number of rotatable bonds is 6. The van der Waals surface area contributed by atoms with Crippen molar-refractivity contribution in [1.82, 2.24) is 9.97 Å². The van der Waals surface area contributed by atoms with E-state index in [0.717, 1.165) is 28.9 Å². The third kappa shape index (κ3) is 8.84. The topological polar surface area (TPSA) is 25.8 Å². The van der Waals surface area contributed by atoms with Crippen molar-refractivity contribution < 1.29 is 20.1 Å². The summed E-state index contributed by atoms with van der Waals surface area (Å²) in [6.45, 7) is 20.7. The molecule has 0 spiro atoms. The average Bonchev–Trinajstić information content (AvgIpc) is 3.48. The molecule has 0 aliphatic heterocycles. The molecule has 0 saturated carbocycles. The van der Waals surface area contributed by atoms with Crippen molar-refractivity contribution in [3.63, 3.8) is 0 Å². The van der Waals surface area contributed by atoms with Crippen LogP contribution in [0.1, 0.15) is 57.2 Å². The van der Waals surface area contributed by atoms with E-state index in [9.17, 15) is 0 Å². The fourth-order valence-corrected chi connectivity index (χ4v) is 9.54. The monoisotopic (exact) mass is 881 g/mol. The van der Waals surface area contributed by atoms with E-state index in [1.807, 2.05) is 41.8 Å². The van der Waals surface area contributed by atoms with Crippen molar-refractivity contribution in [2.75, 3.05) is 0 Å². The summed E-state index contributed by atoms with van der Waals surface area (Å²) in [6.07, 6.45) is 5.21. The van der Waals surface area contributed by atoms with Crippen LogP contribution in [0, 0.1) is 24.5 Å². The normalized spacial score (nSPS) is 11.7. The van der Waals surface area contributed by atoms with E-state index < -0.39 is 8.07 Å². The Morgan fingerprint density at radius 1 is 0.784 bits per heavy atom. The van der Waals surface area contributed by atoms with Gasteiger partial charge in [-0.1, -0.05) is 120 Å². The van der Waals surface area contributed by atoms with Gasteiger partial charge in [-0.05, 0) is 79.7 Å². The number of pyridine rings is 2. The van der Waals surface area contributed by atoms with Crippen LogP contribution >= 0.6 is 11.3 Å². The van der Waals surface area contributed by atoms with Crippen LogP contribution in [0.5, 0.6) is 0 Å². The smallest absolute Gasteiger partial charge is 0.0798 e. The summed E-state index contributed by atoms with van der Waals surface area (Å²) >= 11 is 1.84. The summed E-state index contributed by atoms with van der Waals surface area (Å²) in [5, 5.41) is 4.09. The zero-order valence-corrected chi connectivity index (χ0v) is 35.5. The second kappa shape index (κ2) is 15.9. The maximum atomic E-state index is 4.77. The number of hydrogen-bond donors (Lipinski definition) is 0. The Bertz CT molecular complexity index is 2240. The van der Waals surface area contributed by atoms with Crippen LogP contribution in [-0.4, -0.2) is 18.0 Å². The minimum atomic E-state index is -1.37. The van der Waals surface area contributed by atoms with Crippen LogP contribution in [0.2, 0.25) is 19.6 Å². The zero-order chi connectivity index (χ0) is 35.6. The third-order valence-corrected chi connectivity index (χ3v) is 12.3. The molecule has 263 valence electrons. The maximum absolute atomic E-state index is 4.77. The first-order chi connectivity index (χ1) is 23.8. The molecule has 3 aromatic heterocycles. The fourth-order valence-electron chi connectivity index (χ4n) is 6.73. The van der Waals surface area contributed by atoms with E-state index >= 15 is 0 Å². The average molecular weight is 881 g/mol. The van der Waals surface area contributed by atoms with Gasteiger partial charge in [0.1, 0.15) is 0 Å². The van der Waals surface area contributed by atoms with Crippen molar-refractivity contribution >= 4 is 44.8 Å². The molecule has 0 aliphatic rings. The van der Waals surface area contributed by atoms with Gasteiger partial charge in [-0.25, -0.2) is 0 Å². The Hall–Kier alpha value is -3.73. The molecule has 0 unspecified atom stereocenters. The minimum Gasteiger partial charge on any atom is -0.305 e. The van der Waals surface area contributed by atoms with Gasteiger partial charge in [-0.3, -0.25) is 0 Å². The zero-order valence-electron chi connectivity index (χ0n) is 31.3. The van der Waals surface area contributed by atoms with Crippen LogP contribution in [0.3, 0.4) is 0 Å². The quantitative estimate of drug-likeness (QED) is 0.123. The molecule has 0 N–H and O–H groups in total. The molecule has 5 heteroatoms. The van der Waals surface area contributed by atoms with Crippen molar-refractivity contribution in [2.45, 2.75) is 73.5 Å². The molecule has 0 bridgehead atoms. The summed E-state index contributed by atoms with van der Waals surface area (Å²) in [5.41, 5.74) is 11.1. The van der Waals surface area contributed by atoms with E-state index in [-0.39, 0.29) is 25.5 Å². The van der Waals surface area contributed by atoms with E-state index in [2.05, 4.69) is 152 Å². The number of aryl methyl sites for hydroxylation is 1. The first-order valence-electron chi connectivity index (χ1n) is 17.6. The predicted octanol–water partition coefficient (Wildman–Crippen LogP) is 12.7. The molecule has 3 heterocycles. The molecule has 1 radical (unpaired) electrons. The number of nitrogens with zero attached hydrogens (tertiary/aromatic N) is 2. The third-order valence-electron chi connectivity index (χ3n) is 9.07. The van der Waals surface area contributed by atoms with Crippen molar-refractivity contribution in [3.8, 4) is 33.6 Å². The summed E-state index contributed by atoms with van der Waals surface area (Å²) in [5.74, 6) is 0.475. The van der Waals surface area contributed by atoms with Crippen LogP contribution in [-0.2, 0) is 26.5 Å². The van der Waals surface area contributed by atoms with Gasteiger partial charge in [0.25, 0.3) is 0 Å². The summed E-state index contributed by atoms with van der Waals surface area (Å²) in [4.78, 5) is 9.48. The molecular formula is C46H48IrN2SSi-2. The Labute approximate surface area is 323 Å². The van der Waals surface area contributed by atoms with E-state index in [1.165, 1.54) is 53.2 Å². The Morgan fingerprint density at radius 2 is 1.51 bits per heavy atom. The molecule has 7 aromatic rings. The minimum absolute atomic E-state index is 0. The van der Waals surface area contributed by atoms with Crippen molar-refractivity contribution in [3.05, 3.63) is 138 Å². The predicted molar refractivity (Wildman–Crippen MR) is 220 cm³/mol. The van der Waals surface area contributed by atoms with Crippen molar-refractivity contribution in [2.24, 2.45) is 5.41 Å². The van der Waals surface area contributed by atoms with E-state index in [4.69, 9.17) is 9.97 Å². The van der Waals surface area contributed by atoms with Crippen LogP contribution in [0.25, 0.3) is 53.8 Å². The molecule has 51 heavy (non-hydrogen) atoms. The second-order valence-electron chi connectivity index (χ2n) is 15.8. The second-order valence-corrected chi connectivity index (χ2v) is 21.9. The first kappa shape index (κ1) is 38.5. The molecule has 2 nitrogen and oxygen atoms in total. The number of benzene rings is 4. The summed E-state index contributed by atoms with van der Waals surface area (Å²) in [6, 6.07) is 40.8. The standard InChI is InChI=1S/C27H22NS.C19H26NSi.Ir/c1-17(2)23-15-24(28-16-18(23)3)21-12-7-13-22-26-20(19-9-5-4-6-10-19)11-8-14-25(26)29-27(21)22;1-19(2,3)13-16-12-17(15-10-8-7-9-11-15)20-14-18(16)21(4,5)6;/h4-11,13-17H,1-3H3;7-10,12,14H,13H2,1-6H3;/q2*-1;. The fraction of sp³-hybridized carbons (Fsp3) is 0.261. The van der Waals surface area contributed by atoms with Gasteiger partial charge in [-0.15, -0.1) is 59.7 Å². The first-order valence-corrected chi connectivity index (χ1v) is 22.0. The Kier molecular flexibility index (Phi) is 12.0. The molecule has 0 saturated heterocycles. The van der Waals surface area contributed by atoms with Crippen LogP contribution in [0.4, 0.5) is 0 Å². The van der Waals surface area contributed by atoms with Gasteiger partial charge in [0.15, 0.2) is 0 Å². The van der Waals surface area contributed by atoms with Gasteiger partial charge in [0.05, 0.1) is 8.07 Å². The van der Waals surface area contributed by atoms with Gasteiger partial charge < -0.3 is 9.97 Å². The summed E-state index contributed by atoms with van der Waals surface area (Å²) in [7, 11) is -1.37. The van der Waals surface area contributed by atoms with Crippen LogP contribution < -0.4 is 5.19 Å². The molecule has 4 aromatic carbocycles. The SMILES string of the molecule is CC(C)(C)Cc1cc(-c2[c-]cccc2)ncc1[Si](C)(C)C.Cc1cnc(-c2[c-]ccc3c2sc2cccc(-c4ccccc4)c23)cc1C(C)C.[Ir]. The van der Waals surface area contributed by atoms with Crippen LogP contribution in [0.15, 0.2) is 109 Å². The van der Waals surface area contributed by atoms with Gasteiger partial charge >= 0.3 is 0 Å². The number of thiophene rings is 1. The Balaban J connectivity index is 0.000000205. The molecule has 7 rings (SSSR count). The molecule has 0 aliphatic carbocycles. The van der Waals surface area contributed by atoms with E-state index in [1.54, 1.807) is 0 Å². The maximum Gasteiger partial charge on any atom is 0.0798 e. The number of hydrogen-bond acceptors (Lipinski definition) is 3. The number of fused-ring (bicyclic) bond motifs is 3. The molecule has 0 amide bonds. The van der Waals surface area contributed by atoms with Crippen molar-refractivity contribution in [1.29, 1.82) is 0 Å². The summed E-state index contributed by atoms with van der Waals surface area (Å²) < 4.78 is 2.57. The van der Waals surface area contributed by atoms with Gasteiger partial charge in [0.2, 0.25) is 0 Å².